The molecule has 1 aromatic heterocycles. The number of halogens is 2. The van der Waals surface area contributed by atoms with E-state index in [1.165, 1.54) is 0 Å². The number of nitrogens with zero attached hydrogens (tertiary/aromatic N) is 1. The minimum absolute atomic E-state index is 0. The van der Waals surface area contributed by atoms with Crippen LogP contribution in [0.1, 0.15) is 18.0 Å². The first-order valence-electron chi connectivity index (χ1n) is 8.18. The highest BCUT2D eigenvalue weighted by Crippen LogP contribution is 2.16. The topological polar surface area (TPSA) is 98.9 Å². The van der Waals surface area contributed by atoms with Crippen molar-refractivity contribution in [3.8, 4) is 0 Å². The summed E-state index contributed by atoms with van der Waals surface area (Å²) >= 11 is 1.84. The summed E-state index contributed by atoms with van der Waals surface area (Å²) in [4.78, 5) is 25.1. The van der Waals surface area contributed by atoms with Crippen LogP contribution in [0.2, 0.25) is 0 Å². The highest BCUT2D eigenvalue weighted by molar-refractivity contribution is 7.99. The molecule has 148 valence electrons. The van der Waals surface area contributed by atoms with Crippen LogP contribution < -0.4 is 16.0 Å². The number of hydrogen-bond acceptors (Lipinski definition) is 5. The molecule has 2 unspecified atom stereocenters. The zero-order chi connectivity index (χ0) is 17.5. The third-order valence-corrected chi connectivity index (χ3v) is 5.02. The van der Waals surface area contributed by atoms with Crippen molar-refractivity contribution in [1.29, 1.82) is 0 Å². The first kappa shape index (κ1) is 23.3. The van der Waals surface area contributed by atoms with E-state index in [0.717, 1.165) is 23.6 Å². The van der Waals surface area contributed by atoms with E-state index in [-0.39, 0.29) is 42.7 Å². The Bertz CT molecular complexity index is 697. The van der Waals surface area contributed by atoms with Crippen LogP contribution in [0, 0.1) is 0 Å². The fourth-order valence-electron chi connectivity index (χ4n) is 2.67. The molecular weight excluding hydrogens is 409 g/mol. The molecule has 4 N–H and O–H groups in total. The normalized spacial score (nSPS) is 17.0. The number of carbonyl (C=O) groups excluding carboxylic acids is 2. The maximum Gasteiger partial charge on any atom is 0.252 e. The van der Waals surface area contributed by atoms with Gasteiger partial charge in [0.1, 0.15) is 11.9 Å². The monoisotopic (exact) mass is 431 g/mol. The summed E-state index contributed by atoms with van der Waals surface area (Å²) in [6, 6.07) is 10.3. The van der Waals surface area contributed by atoms with Gasteiger partial charge in [-0.15, -0.1) is 24.8 Å². The van der Waals surface area contributed by atoms with Crippen molar-refractivity contribution in [3.63, 3.8) is 0 Å². The van der Waals surface area contributed by atoms with Crippen LogP contribution in [0.5, 0.6) is 0 Å². The molecule has 10 heteroatoms. The van der Waals surface area contributed by atoms with E-state index in [9.17, 15) is 9.59 Å². The summed E-state index contributed by atoms with van der Waals surface area (Å²) in [6.07, 6.45) is 1.91. The van der Waals surface area contributed by atoms with Gasteiger partial charge in [-0.2, -0.15) is 16.9 Å². The lowest BCUT2D eigenvalue weighted by molar-refractivity contribution is -0.127. The molecule has 2 heterocycles. The van der Waals surface area contributed by atoms with E-state index in [1.807, 2.05) is 42.1 Å². The van der Waals surface area contributed by atoms with Crippen LogP contribution in [0.3, 0.4) is 0 Å². The average molecular weight is 432 g/mol. The molecule has 1 fully saturated rings. The van der Waals surface area contributed by atoms with Gasteiger partial charge in [-0.25, -0.2) is 0 Å². The molecule has 1 saturated heterocycles. The SMILES string of the molecule is Cl.Cl.O=C(CC1CSCCN1)NC(C(=O)Nc1ccn[nH]1)c1ccccc1. The number of benzene rings is 1. The largest absolute Gasteiger partial charge is 0.340 e. The Labute approximate surface area is 174 Å². The quantitative estimate of drug-likeness (QED) is 0.561. The molecule has 2 atom stereocenters. The van der Waals surface area contributed by atoms with Gasteiger partial charge in [-0.1, -0.05) is 30.3 Å². The summed E-state index contributed by atoms with van der Waals surface area (Å²) in [5.74, 6) is 2.01. The third-order valence-electron chi connectivity index (χ3n) is 3.89. The van der Waals surface area contributed by atoms with Gasteiger partial charge in [-0.3, -0.25) is 14.7 Å². The van der Waals surface area contributed by atoms with Gasteiger partial charge in [0.2, 0.25) is 5.91 Å². The molecule has 1 aliphatic rings. The van der Waals surface area contributed by atoms with E-state index >= 15 is 0 Å². The number of rotatable bonds is 6. The molecule has 1 aliphatic heterocycles. The van der Waals surface area contributed by atoms with E-state index in [4.69, 9.17) is 0 Å². The van der Waals surface area contributed by atoms with Crippen molar-refractivity contribution < 1.29 is 9.59 Å². The van der Waals surface area contributed by atoms with Crippen molar-refractivity contribution in [3.05, 3.63) is 48.2 Å². The first-order valence-corrected chi connectivity index (χ1v) is 9.33. The molecule has 3 rings (SSSR count). The summed E-state index contributed by atoms with van der Waals surface area (Å²) < 4.78 is 0. The average Bonchev–Trinajstić information content (AvgIpc) is 3.14. The van der Waals surface area contributed by atoms with Crippen LogP contribution in [-0.4, -0.2) is 46.1 Å². The van der Waals surface area contributed by atoms with Crippen molar-refractivity contribution in [2.75, 3.05) is 23.4 Å². The summed E-state index contributed by atoms with van der Waals surface area (Å²) in [6.45, 7) is 0.908. The number of anilines is 1. The number of aromatic amines is 1. The Balaban J connectivity index is 0.00000182. The maximum atomic E-state index is 12.6. The van der Waals surface area contributed by atoms with Gasteiger partial charge < -0.3 is 16.0 Å². The fourth-order valence-corrected chi connectivity index (χ4v) is 3.62. The lowest BCUT2D eigenvalue weighted by Crippen LogP contribution is -2.43. The van der Waals surface area contributed by atoms with Crippen LogP contribution in [0.15, 0.2) is 42.6 Å². The molecule has 0 aliphatic carbocycles. The molecule has 7 nitrogen and oxygen atoms in total. The fraction of sp³-hybridized carbons (Fsp3) is 0.353. The lowest BCUT2D eigenvalue weighted by Gasteiger charge is -2.24. The van der Waals surface area contributed by atoms with Gasteiger partial charge >= 0.3 is 0 Å². The summed E-state index contributed by atoms with van der Waals surface area (Å²) in [5.41, 5.74) is 0.735. The van der Waals surface area contributed by atoms with E-state index in [2.05, 4.69) is 26.1 Å². The number of amides is 2. The second-order valence-corrected chi connectivity index (χ2v) is 6.95. The van der Waals surface area contributed by atoms with Crippen LogP contribution in [0.4, 0.5) is 5.82 Å². The predicted molar refractivity (Wildman–Crippen MR) is 113 cm³/mol. The first-order chi connectivity index (χ1) is 12.2. The molecule has 0 radical (unpaired) electrons. The van der Waals surface area contributed by atoms with Gasteiger partial charge in [0.05, 0.1) is 6.20 Å². The highest BCUT2D eigenvalue weighted by Gasteiger charge is 2.25. The number of thioether (sulfide) groups is 1. The molecule has 1 aromatic carbocycles. The Morgan fingerprint density at radius 1 is 1.22 bits per heavy atom. The minimum Gasteiger partial charge on any atom is -0.340 e. The van der Waals surface area contributed by atoms with E-state index in [0.29, 0.717) is 12.2 Å². The zero-order valence-corrected chi connectivity index (χ0v) is 17.0. The van der Waals surface area contributed by atoms with Gasteiger partial charge in [0, 0.05) is 36.6 Å². The number of carbonyl (C=O) groups is 2. The van der Waals surface area contributed by atoms with Crippen LogP contribution in [0.25, 0.3) is 0 Å². The van der Waals surface area contributed by atoms with Crippen LogP contribution in [-0.2, 0) is 9.59 Å². The van der Waals surface area contributed by atoms with E-state index in [1.54, 1.807) is 12.3 Å². The van der Waals surface area contributed by atoms with Gasteiger partial charge in [-0.05, 0) is 5.56 Å². The molecule has 0 saturated carbocycles. The highest BCUT2D eigenvalue weighted by atomic mass is 35.5. The van der Waals surface area contributed by atoms with Gasteiger partial charge in [0.25, 0.3) is 5.91 Å². The maximum absolute atomic E-state index is 12.6. The Hall–Kier alpha value is -1.74. The zero-order valence-electron chi connectivity index (χ0n) is 14.5. The predicted octanol–water partition coefficient (Wildman–Crippen LogP) is 2.14. The third kappa shape index (κ3) is 7.06. The molecule has 2 amide bonds. The van der Waals surface area contributed by atoms with Crippen molar-refractivity contribution >= 4 is 54.2 Å². The Morgan fingerprint density at radius 3 is 2.63 bits per heavy atom. The Kier molecular flexibility index (Phi) is 10.2. The smallest absolute Gasteiger partial charge is 0.252 e. The van der Waals surface area contributed by atoms with Crippen molar-refractivity contribution in [1.82, 2.24) is 20.8 Å². The standard InChI is InChI=1S/C17H21N5O2S.2ClH/c23-15(10-13-11-25-9-8-18-13)21-16(12-4-2-1-3-5-12)17(24)20-14-6-7-19-22-14;;/h1-7,13,16,18H,8-11H2,(H,21,23)(H2,19,20,22,24);2*1H. The number of nitrogens with one attached hydrogen (secondary N) is 4. The second-order valence-electron chi connectivity index (χ2n) is 5.80. The second kappa shape index (κ2) is 11.9. The molecular formula is C17H23Cl2N5O2S. The van der Waals surface area contributed by atoms with Crippen molar-refractivity contribution in [2.45, 2.75) is 18.5 Å². The number of hydrogen-bond donors (Lipinski definition) is 4. The molecule has 27 heavy (non-hydrogen) atoms. The molecule has 2 aromatic rings. The molecule has 0 spiro atoms. The van der Waals surface area contributed by atoms with Gasteiger partial charge in [0.15, 0.2) is 0 Å². The Morgan fingerprint density at radius 2 is 2.00 bits per heavy atom. The minimum atomic E-state index is -0.756. The number of aromatic nitrogens is 2. The lowest BCUT2D eigenvalue weighted by atomic mass is 10.1. The summed E-state index contributed by atoms with van der Waals surface area (Å²) in [7, 11) is 0. The number of H-pyrrole nitrogens is 1. The molecule has 0 bridgehead atoms. The summed E-state index contributed by atoms with van der Waals surface area (Å²) in [5, 5.41) is 15.4. The van der Waals surface area contributed by atoms with Crippen LogP contribution >= 0.6 is 36.6 Å². The van der Waals surface area contributed by atoms with Crippen molar-refractivity contribution in [2.24, 2.45) is 0 Å². The van der Waals surface area contributed by atoms with E-state index < -0.39 is 6.04 Å².